The first-order chi connectivity index (χ1) is 18.7. The van der Waals surface area contributed by atoms with Gasteiger partial charge < -0.3 is 24.8 Å². The first-order valence-electron chi connectivity index (χ1n) is 11.5. The Bertz CT molecular complexity index is 1600. The van der Waals surface area contributed by atoms with Gasteiger partial charge in [-0.2, -0.15) is 4.98 Å². The molecule has 1 saturated carbocycles. The van der Waals surface area contributed by atoms with Crippen molar-refractivity contribution >= 4 is 34.2 Å². The lowest BCUT2D eigenvalue weighted by Gasteiger charge is -2.16. The molecule has 0 saturated heterocycles. The van der Waals surface area contributed by atoms with Crippen LogP contribution in [0.2, 0.25) is 0 Å². The Labute approximate surface area is 219 Å². The van der Waals surface area contributed by atoms with E-state index in [0.29, 0.717) is 17.0 Å². The van der Waals surface area contributed by atoms with Gasteiger partial charge in [0.25, 0.3) is 5.88 Å². The molecule has 10 nitrogen and oxygen atoms in total. The second-order valence-corrected chi connectivity index (χ2v) is 8.61. The van der Waals surface area contributed by atoms with Crippen molar-refractivity contribution in [3.05, 3.63) is 66.2 Å². The Hall–Kier alpha value is -4.94. The summed E-state index contributed by atoms with van der Waals surface area (Å²) in [6.07, 6.45) is 1.57. The van der Waals surface area contributed by atoms with Crippen LogP contribution in [0.4, 0.5) is 24.5 Å². The van der Waals surface area contributed by atoms with Crippen LogP contribution >= 0.6 is 0 Å². The Kier molecular flexibility index (Phi) is 6.64. The molecule has 4 aromatic rings. The second-order valence-electron chi connectivity index (χ2n) is 8.61. The van der Waals surface area contributed by atoms with Crippen LogP contribution in [0.25, 0.3) is 11.0 Å². The standard InChI is InChI=1S/C26H20F3N5O5/c1-37-20-11-18-21(34-22(20)38-2)23(31-12-30-18)39-19-10-15(28)17(9-16(19)29)33-25(36)26(7-8-26)24(35)32-14-5-3-13(27)4-6-14/h3-6,9-12H,7-8H2,1-2H3,(H,32,35)(H,33,36). The Morgan fingerprint density at radius 2 is 1.56 bits per heavy atom. The summed E-state index contributed by atoms with van der Waals surface area (Å²) in [5.41, 5.74) is -1.24. The lowest BCUT2D eigenvalue weighted by Crippen LogP contribution is -2.35. The summed E-state index contributed by atoms with van der Waals surface area (Å²) in [5.74, 6) is -4.26. The molecule has 5 rings (SSSR count). The molecule has 0 bridgehead atoms. The molecule has 0 aliphatic heterocycles. The fraction of sp³-hybridized carbons (Fsp3) is 0.192. The molecule has 13 heteroatoms. The Balaban J connectivity index is 1.35. The van der Waals surface area contributed by atoms with Crippen molar-refractivity contribution in [1.29, 1.82) is 0 Å². The zero-order valence-corrected chi connectivity index (χ0v) is 20.5. The highest BCUT2D eigenvalue weighted by molar-refractivity contribution is 6.16. The Morgan fingerprint density at radius 1 is 0.846 bits per heavy atom. The van der Waals surface area contributed by atoms with Crippen LogP contribution in [-0.4, -0.2) is 41.0 Å². The van der Waals surface area contributed by atoms with Crippen molar-refractivity contribution in [1.82, 2.24) is 15.0 Å². The lowest BCUT2D eigenvalue weighted by molar-refractivity contribution is -0.131. The van der Waals surface area contributed by atoms with Crippen LogP contribution in [0.3, 0.4) is 0 Å². The van der Waals surface area contributed by atoms with Gasteiger partial charge in [0.15, 0.2) is 28.7 Å². The van der Waals surface area contributed by atoms with E-state index in [1.165, 1.54) is 32.4 Å². The molecule has 2 aromatic heterocycles. The number of anilines is 2. The quantitative estimate of drug-likeness (QED) is 0.311. The lowest BCUT2D eigenvalue weighted by atomic mass is 10.0. The maximum atomic E-state index is 15.0. The van der Waals surface area contributed by atoms with Crippen LogP contribution in [0, 0.1) is 22.9 Å². The first-order valence-corrected chi connectivity index (χ1v) is 11.5. The third kappa shape index (κ3) is 4.98. The van der Waals surface area contributed by atoms with E-state index in [-0.39, 0.29) is 30.1 Å². The fourth-order valence-corrected chi connectivity index (χ4v) is 3.81. The highest BCUT2D eigenvalue weighted by Gasteiger charge is 2.56. The number of halogens is 3. The van der Waals surface area contributed by atoms with Gasteiger partial charge in [-0.1, -0.05) is 0 Å². The molecule has 200 valence electrons. The van der Waals surface area contributed by atoms with Gasteiger partial charge in [-0.15, -0.1) is 0 Å². The molecule has 1 fully saturated rings. The van der Waals surface area contributed by atoms with Gasteiger partial charge in [-0.3, -0.25) is 9.59 Å². The first kappa shape index (κ1) is 25.7. The molecule has 2 heterocycles. The number of rotatable bonds is 8. The molecule has 39 heavy (non-hydrogen) atoms. The molecular weight excluding hydrogens is 519 g/mol. The Morgan fingerprint density at radius 3 is 2.23 bits per heavy atom. The van der Waals surface area contributed by atoms with Crippen LogP contribution < -0.4 is 24.8 Å². The van der Waals surface area contributed by atoms with Gasteiger partial charge in [0.2, 0.25) is 17.7 Å². The van der Waals surface area contributed by atoms with Gasteiger partial charge in [0, 0.05) is 23.9 Å². The average Bonchev–Trinajstić information content (AvgIpc) is 3.74. The monoisotopic (exact) mass is 539 g/mol. The highest BCUT2D eigenvalue weighted by atomic mass is 19.1. The maximum absolute atomic E-state index is 15.0. The third-order valence-corrected chi connectivity index (χ3v) is 6.12. The number of nitrogens with zero attached hydrogens (tertiary/aromatic N) is 3. The van der Waals surface area contributed by atoms with Crippen LogP contribution in [-0.2, 0) is 9.59 Å². The molecule has 0 radical (unpaired) electrons. The topological polar surface area (TPSA) is 125 Å². The van der Waals surface area contributed by atoms with Crippen molar-refractivity contribution < 1.29 is 37.0 Å². The number of carbonyl (C=O) groups excluding carboxylic acids is 2. The predicted molar refractivity (Wildman–Crippen MR) is 132 cm³/mol. The van der Waals surface area contributed by atoms with Crippen LogP contribution in [0.15, 0.2) is 48.8 Å². The van der Waals surface area contributed by atoms with E-state index in [4.69, 9.17) is 14.2 Å². The van der Waals surface area contributed by atoms with Gasteiger partial charge in [0.1, 0.15) is 23.1 Å². The molecule has 0 atom stereocenters. The van der Waals surface area contributed by atoms with Crippen LogP contribution in [0.1, 0.15) is 12.8 Å². The average molecular weight is 539 g/mol. The molecular formula is C26H20F3N5O5. The van der Waals surface area contributed by atoms with Crippen LogP contribution in [0.5, 0.6) is 23.3 Å². The van der Waals surface area contributed by atoms with Crippen molar-refractivity contribution in [3.8, 4) is 23.3 Å². The number of amides is 2. The summed E-state index contributed by atoms with van der Waals surface area (Å²) >= 11 is 0. The van der Waals surface area contributed by atoms with E-state index >= 15 is 0 Å². The van der Waals surface area contributed by atoms with E-state index < -0.39 is 46.1 Å². The number of carbonyl (C=O) groups is 2. The summed E-state index contributed by atoms with van der Waals surface area (Å²) < 4.78 is 58.9. The SMILES string of the molecule is COc1cc2ncnc(Oc3cc(F)c(NC(=O)C4(C(=O)Nc5ccc(F)cc5)CC4)cc3F)c2nc1OC. The number of pyridine rings is 1. The minimum absolute atomic E-state index is 0.104. The van der Waals surface area contributed by atoms with Gasteiger partial charge >= 0.3 is 0 Å². The molecule has 0 spiro atoms. The minimum atomic E-state index is -1.46. The summed E-state index contributed by atoms with van der Waals surface area (Å²) in [4.78, 5) is 37.9. The highest BCUT2D eigenvalue weighted by Crippen LogP contribution is 2.48. The molecule has 2 amide bonds. The number of hydrogen-bond donors (Lipinski definition) is 2. The zero-order chi connectivity index (χ0) is 27.7. The van der Waals surface area contributed by atoms with E-state index in [0.717, 1.165) is 30.6 Å². The van der Waals surface area contributed by atoms with E-state index in [2.05, 4.69) is 25.6 Å². The van der Waals surface area contributed by atoms with E-state index in [9.17, 15) is 22.8 Å². The predicted octanol–water partition coefficient (Wildman–Crippen LogP) is 4.61. The largest absolute Gasteiger partial charge is 0.491 e. The molecule has 0 unspecified atom stereocenters. The van der Waals surface area contributed by atoms with Crippen molar-refractivity contribution in [2.75, 3.05) is 24.9 Å². The smallest absolute Gasteiger partial charge is 0.257 e. The maximum Gasteiger partial charge on any atom is 0.257 e. The molecule has 1 aliphatic rings. The fourth-order valence-electron chi connectivity index (χ4n) is 3.81. The normalized spacial score (nSPS) is 13.5. The number of benzene rings is 2. The number of fused-ring (bicyclic) bond motifs is 1. The zero-order valence-electron chi connectivity index (χ0n) is 20.5. The van der Waals surface area contributed by atoms with Gasteiger partial charge in [0.05, 0.1) is 19.9 Å². The second kappa shape index (κ2) is 10.1. The van der Waals surface area contributed by atoms with Crippen molar-refractivity contribution in [2.24, 2.45) is 5.41 Å². The summed E-state index contributed by atoms with van der Waals surface area (Å²) in [6.45, 7) is 0. The molecule has 1 aliphatic carbocycles. The van der Waals surface area contributed by atoms with Crippen molar-refractivity contribution in [3.63, 3.8) is 0 Å². The van der Waals surface area contributed by atoms with Gasteiger partial charge in [-0.25, -0.2) is 23.1 Å². The molecule has 2 aromatic carbocycles. The van der Waals surface area contributed by atoms with E-state index in [1.807, 2.05) is 0 Å². The third-order valence-electron chi connectivity index (χ3n) is 6.12. The van der Waals surface area contributed by atoms with Gasteiger partial charge in [-0.05, 0) is 37.1 Å². The number of methoxy groups -OCH3 is 2. The number of hydrogen-bond acceptors (Lipinski definition) is 8. The van der Waals surface area contributed by atoms with E-state index in [1.54, 1.807) is 0 Å². The molecule has 2 N–H and O–H groups in total. The number of aromatic nitrogens is 3. The minimum Gasteiger partial charge on any atom is -0.491 e. The summed E-state index contributed by atoms with van der Waals surface area (Å²) in [6, 6.07) is 7.99. The van der Waals surface area contributed by atoms with Crippen molar-refractivity contribution in [2.45, 2.75) is 12.8 Å². The number of ether oxygens (including phenoxy) is 3. The summed E-state index contributed by atoms with van der Waals surface area (Å²) in [5, 5.41) is 4.82. The summed E-state index contributed by atoms with van der Waals surface area (Å²) in [7, 11) is 2.80. The number of nitrogens with one attached hydrogen (secondary N) is 2.